The average molecular weight is 298 g/mol. The van der Waals surface area contributed by atoms with Crippen molar-refractivity contribution in [3.8, 4) is 17.0 Å². The Hall–Kier alpha value is -2.14. The number of para-hydroxylation sites is 1. The van der Waals surface area contributed by atoms with Gasteiger partial charge in [0.1, 0.15) is 5.75 Å². The monoisotopic (exact) mass is 298 g/mol. The summed E-state index contributed by atoms with van der Waals surface area (Å²) in [5, 5.41) is 18.5. The maximum atomic E-state index is 9.89. The number of piperidine rings is 1. The molecule has 5 heteroatoms. The Labute approximate surface area is 131 Å². The Morgan fingerprint density at radius 1 is 1.18 bits per heavy atom. The van der Waals surface area contributed by atoms with Gasteiger partial charge < -0.3 is 14.9 Å². The molecule has 1 aliphatic heterocycles. The summed E-state index contributed by atoms with van der Waals surface area (Å²) in [6, 6.07) is 11.6. The van der Waals surface area contributed by atoms with Crippen LogP contribution < -0.4 is 4.90 Å². The van der Waals surface area contributed by atoms with E-state index in [-0.39, 0.29) is 5.75 Å². The number of likely N-dealkylation sites (tertiary alicyclic amines) is 1. The van der Waals surface area contributed by atoms with Gasteiger partial charge in [-0.2, -0.15) is 0 Å². The van der Waals surface area contributed by atoms with Crippen molar-refractivity contribution in [2.75, 3.05) is 32.1 Å². The molecule has 0 spiro atoms. The fourth-order valence-electron chi connectivity index (χ4n) is 2.99. The van der Waals surface area contributed by atoms with Crippen molar-refractivity contribution in [1.82, 2.24) is 15.1 Å². The predicted octanol–water partition coefficient (Wildman–Crippen LogP) is 2.38. The Bertz CT molecular complexity index is 629. The number of aromatic hydroxyl groups is 1. The molecule has 3 rings (SSSR count). The van der Waals surface area contributed by atoms with Crippen LogP contribution in [0.4, 0.5) is 5.82 Å². The molecule has 1 atom stereocenters. The summed E-state index contributed by atoms with van der Waals surface area (Å²) in [5.41, 5.74) is 1.40. The summed E-state index contributed by atoms with van der Waals surface area (Å²) < 4.78 is 0. The molecule has 1 saturated heterocycles. The fraction of sp³-hybridized carbons (Fsp3) is 0.412. The Kier molecular flexibility index (Phi) is 4.24. The molecule has 0 bridgehead atoms. The highest BCUT2D eigenvalue weighted by Gasteiger charge is 2.22. The smallest absolute Gasteiger partial charge is 0.151 e. The van der Waals surface area contributed by atoms with E-state index in [9.17, 15) is 5.11 Å². The van der Waals surface area contributed by atoms with E-state index in [0.717, 1.165) is 12.4 Å². The highest BCUT2D eigenvalue weighted by Crippen LogP contribution is 2.27. The van der Waals surface area contributed by atoms with Gasteiger partial charge in [0.05, 0.1) is 5.69 Å². The molecule has 116 valence electrons. The highest BCUT2D eigenvalue weighted by atomic mass is 16.3. The van der Waals surface area contributed by atoms with Gasteiger partial charge in [0, 0.05) is 25.2 Å². The number of hydrogen-bond donors (Lipinski definition) is 1. The van der Waals surface area contributed by atoms with E-state index in [1.807, 2.05) is 24.3 Å². The first-order valence-corrected chi connectivity index (χ1v) is 7.68. The largest absolute Gasteiger partial charge is 0.507 e. The second kappa shape index (κ2) is 6.32. The zero-order valence-corrected chi connectivity index (χ0v) is 13.1. The number of likely N-dealkylation sites (N-methyl/N-ethyl adjacent to an activating group) is 2. The number of rotatable bonds is 3. The molecule has 0 aliphatic carbocycles. The number of phenolic OH excluding ortho intramolecular Hbond substituents is 1. The molecular formula is C17H22N4O. The van der Waals surface area contributed by atoms with Crippen molar-refractivity contribution in [2.24, 2.45) is 0 Å². The molecule has 2 heterocycles. The van der Waals surface area contributed by atoms with Crippen molar-refractivity contribution in [2.45, 2.75) is 18.9 Å². The molecule has 0 saturated carbocycles. The maximum Gasteiger partial charge on any atom is 0.151 e. The van der Waals surface area contributed by atoms with Gasteiger partial charge in [-0.3, -0.25) is 0 Å². The third kappa shape index (κ3) is 3.04. The average Bonchev–Trinajstić information content (AvgIpc) is 2.55. The van der Waals surface area contributed by atoms with E-state index in [1.54, 1.807) is 12.1 Å². The van der Waals surface area contributed by atoms with Crippen molar-refractivity contribution < 1.29 is 5.11 Å². The van der Waals surface area contributed by atoms with Crippen LogP contribution >= 0.6 is 0 Å². The quantitative estimate of drug-likeness (QED) is 0.943. The fourth-order valence-corrected chi connectivity index (χ4v) is 2.99. The standard InChI is InChI=1S/C17H22N4O/c1-20-11-5-6-13(12-20)21(2)17-10-9-15(18-19-17)14-7-3-4-8-16(14)22/h3-4,7-10,13,22H,5-6,11-12H2,1-2H3/t13-/m1/s1. The first-order chi connectivity index (χ1) is 10.6. The van der Waals surface area contributed by atoms with Crippen LogP contribution in [0.5, 0.6) is 5.75 Å². The molecular weight excluding hydrogens is 276 g/mol. The van der Waals surface area contributed by atoms with Gasteiger partial charge >= 0.3 is 0 Å². The number of hydrogen-bond acceptors (Lipinski definition) is 5. The van der Waals surface area contributed by atoms with Gasteiger partial charge in [-0.1, -0.05) is 12.1 Å². The molecule has 1 aromatic carbocycles. The van der Waals surface area contributed by atoms with Crippen molar-refractivity contribution in [3.05, 3.63) is 36.4 Å². The van der Waals surface area contributed by atoms with Crippen LogP contribution in [0.15, 0.2) is 36.4 Å². The summed E-state index contributed by atoms with van der Waals surface area (Å²) >= 11 is 0. The van der Waals surface area contributed by atoms with Crippen molar-refractivity contribution in [1.29, 1.82) is 0 Å². The van der Waals surface area contributed by atoms with Gasteiger partial charge in [0.15, 0.2) is 5.82 Å². The van der Waals surface area contributed by atoms with Crippen LogP contribution in [0.2, 0.25) is 0 Å². The number of nitrogens with zero attached hydrogens (tertiary/aromatic N) is 4. The minimum atomic E-state index is 0.229. The summed E-state index contributed by atoms with van der Waals surface area (Å²) in [5.74, 6) is 1.10. The van der Waals surface area contributed by atoms with E-state index in [0.29, 0.717) is 17.3 Å². The van der Waals surface area contributed by atoms with E-state index < -0.39 is 0 Å². The summed E-state index contributed by atoms with van der Waals surface area (Å²) in [4.78, 5) is 4.56. The molecule has 5 nitrogen and oxygen atoms in total. The summed E-state index contributed by atoms with van der Waals surface area (Å²) in [7, 11) is 4.24. The lowest BCUT2D eigenvalue weighted by molar-refractivity contribution is 0.247. The van der Waals surface area contributed by atoms with Gasteiger partial charge in [-0.25, -0.2) is 0 Å². The maximum absolute atomic E-state index is 9.89. The number of benzene rings is 1. The Morgan fingerprint density at radius 2 is 2.00 bits per heavy atom. The lowest BCUT2D eigenvalue weighted by atomic mass is 10.1. The summed E-state index contributed by atoms with van der Waals surface area (Å²) in [6.45, 7) is 2.22. The second-order valence-corrected chi connectivity index (χ2v) is 5.96. The first-order valence-electron chi connectivity index (χ1n) is 7.68. The van der Waals surface area contributed by atoms with Crippen LogP contribution in [-0.4, -0.2) is 53.4 Å². The highest BCUT2D eigenvalue weighted by molar-refractivity contribution is 5.66. The molecule has 22 heavy (non-hydrogen) atoms. The number of phenols is 1. The van der Waals surface area contributed by atoms with Crippen LogP contribution in [0.1, 0.15) is 12.8 Å². The molecule has 0 radical (unpaired) electrons. The van der Waals surface area contributed by atoms with Gasteiger partial charge in [-0.15, -0.1) is 10.2 Å². The molecule has 1 aromatic heterocycles. The normalized spacial score (nSPS) is 19.1. The number of aromatic nitrogens is 2. The van der Waals surface area contributed by atoms with Crippen LogP contribution in [0, 0.1) is 0 Å². The SMILES string of the molecule is CN1CCC[C@@H](N(C)c2ccc(-c3ccccc3O)nn2)C1. The third-order valence-electron chi connectivity index (χ3n) is 4.34. The van der Waals surface area contributed by atoms with Gasteiger partial charge in [0.2, 0.25) is 0 Å². The van der Waals surface area contributed by atoms with Gasteiger partial charge in [-0.05, 0) is 50.7 Å². The molecule has 1 aliphatic rings. The molecule has 0 amide bonds. The Balaban J connectivity index is 1.78. The molecule has 2 aromatic rings. The molecule has 1 N–H and O–H groups in total. The van der Waals surface area contributed by atoms with Crippen LogP contribution in [-0.2, 0) is 0 Å². The molecule has 1 fully saturated rings. The zero-order valence-electron chi connectivity index (χ0n) is 13.1. The van der Waals surface area contributed by atoms with Gasteiger partial charge in [0.25, 0.3) is 0 Å². The van der Waals surface area contributed by atoms with Crippen molar-refractivity contribution >= 4 is 5.82 Å². The van der Waals surface area contributed by atoms with Crippen LogP contribution in [0.25, 0.3) is 11.3 Å². The third-order valence-corrected chi connectivity index (χ3v) is 4.34. The van der Waals surface area contributed by atoms with E-state index in [2.05, 4.69) is 34.1 Å². The lowest BCUT2D eigenvalue weighted by Crippen LogP contribution is -2.45. The van der Waals surface area contributed by atoms with Crippen LogP contribution in [0.3, 0.4) is 0 Å². The Morgan fingerprint density at radius 3 is 2.68 bits per heavy atom. The molecule has 0 unspecified atom stereocenters. The second-order valence-electron chi connectivity index (χ2n) is 5.96. The lowest BCUT2D eigenvalue weighted by Gasteiger charge is -2.36. The summed E-state index contributed by atoms with van der Waals surface area (Å²) in [6.07, 6.45) is 2.40. The van der Waals surface area contributed by atoms with E-state index in [1.165, 1.54) is 19.4 Å². The van der Waals surface area contributed by atoms with E-state index in [4.69, 9.17) is 0 Å². The first kappa shape index (κ1) is 14.8. The predicted molar refractivity (Wildman–Crippen MR) is 88.1 cm³/mol. The van der Waals surface area contributed by atoms with E-state index >= 15 is 0 Å². The minimum Gasteiger partial charge on any atom is -0.507 e. The number of anilines is 1. The zero-order chi connectivity index (χ0) is 15.5. The minimum absolute atomic E-state index is 0.229. The van der Waals surface area contributed by atoms with Crippen molar-refractivity contribution in [3.63, 3.8) is 0 Å². The topological polar surface area (TPSA) is 52.5 Å².